The summed E-state index contributed by atoms with van der Waals surface area (Å²) in [6.45, 7) is 2.34. The molecule has 0 saturated carbocycles. The van der Waals surface area contributed by atoms with Crippen molar-refractivity contribution in [2.75, 3.05) is 6.54 Å². The van der Waals surface area contributed by atoms with Crippen molar-refractivity contribution in [3.05, 3.63) is 70.1 Å². The number of nitrogens with zero attached hydrogens (tertiary/aromatic N) is 1. The second-order valence-corrected chi connectivity index (χ2v) is 10.6. The van der Waals surface area contributed by atoms with E-state index in [9.17, 15) is 8.42 Å². The van der Waals surface area contributed by atoms with Crippen LogP contribution in [0.5, 0.6) is 0 Å². The first-order valence-electron chi connectivity index (χ1n) is 8.72. The van der Waals surface area contributed by atoms with E-state index < -0.39 is 10.0 Å². The highest BCUT2D eigenvalue weighted by atomic mass is 35.5. The van der Waals surface area contributed by atoms with E-state index in [1.807, 2.05) is 48.7 Å². The summed E-state index contributed by atoms with van der Waals surface area (Å²) < 4.78 is 28.8. The molecule has 0 amide bonds. The Kier molecular flexibility index (Phi) is 5.62. The molecule has 1 aliphatic rings. The molecule has 4 rings (SSSR count). The highest BCUT2D eigenvalue weighted by molar-refractivity contribution is 8.01. The summed E-state index contributed by atoms with van der Waals surface area (Å²) in [7, 11) is -3.55. The molecule has 1 aromatic heterocycles. The van der Waals surface area contributed by atoms with Gasteiger partial charge in [-0.15, -0.1) is 11.3 Å². The molecular formula is C20H17ClN2O2S3. The van der Waals surface area contributed by atoms with E-state index in [0.29, 0.717) is 17.3 Å². The Labute approximate surface area is 177 Å². The predicted octanol–water partition coefficient (Wildman–Crippen LogP) is 5.72. The fourth-order valence-electron chi connectivity index (χ4n) is 2.82. The van der Waals surface area contributed by atoms with Gasteiger partial charge < -0.3 is 0 Å². The standard InChI is InChI=1S/C20H17ClN2O2S3/c1-2-10-22-28(24,25)15-7-8-18-17(12-15)23-19(13-3-5-14(21)6-4-13)16-9-11-26-20(16)27-18/h3-9,11-12,22H,2,10H2,1H3. The van der Waals surface area contributed by atoms with Crippen LogP contribution in [0.15, 0.2) is 72.9 Å². The molecule has 2 aromatic carbocycles. The van der Waals surface area contributed by atoms with Gasteiger partial charge in [0, 0.05) is 27.6 Å². The molecule has 1 N–H and O–H groups in total. The van der Waals surface area contributed by atoms with Crippen LogP contribution in [0.25, 0.3) is 0 Å². The maximum absolute atomic E-state index is 12.5. The van der Waals surface area contributed by atoms with Crippen LogP contribution >= 0.6 is 34.7 Å². The van der Waals surface area contributed by atoms with E-state index in [1.165, 1.54) is 0 Å². The smallest absolute Gasteiger partial charge is 0.240 e. The Morgan fingerprint density at radius 1 is 1.11 bits per heavy atom. The van der Waals surface area contributed by atoms with Gasteiger partial charge in [0.05, 0.1) is 20.5 Å². The number of hydrogen-bond donors (Lipinski definition) is 1. The van der Waals surface area contributed by atoms with Crippen LogP contribution in [-0.4, -0.2) is 20.7 Å². The van der Waals surface area contributed by atoms with Gasteiger partial charge in [0.15, 0.2) is 0 Å². The van der Waals surface area contributed by atoms with Gasteiger partial charge in [-0.25, -0.2) is 18.1 Å². The SMILES string of the molecule is CCCNS(=O)(=O)c1ccc2c(c1)N=C(c1ccc(Cl)cc1)c1ccsc1S2. The van der Waals surface area contributed by atoms with Crippen LogP contribution in [0, 0.1) is 0 Å². The van der Waals surface area contributed by atoms with Crippen LogP contribution in [0.4, 0.5) is 5.69 Å². The minimum atomic E-state index is -3.55. The Balaban J connectivity index is 1.85. The topological polar surface area (TPSA) is 58.5 Å². The van der Waals surface area contributed by atoms with Gasteiger partial charge in [-0.1, -0.05) is 42.4 Å². The molecule has 0 aliphatic carbocycles. The molecule has 4 nitrogen and oxygen atoms in total. The summed E-state index contributed by atoms with van der Waals surface area (Å²) in [4.78, 5) is 6.03. The minimum absolute atomic E-state index is 0.227. The number of aliphatic imine (C=N–C) groups is 1. The van der Waals surface area contributed by atoms with Crippen molar-refractivity contribution in [3.63, 3.8) is 0 Å². The average Bonchev–Trinajstić information content (AvgIpc) is 3.08. The van der Waals surface area contributed by atoms with Gasteiger partial charge in [-0.2, -0.15) is 0 Å². The van der Waals surface area contributed by atoms with Gasteiger partial charge in [0.2, 0.25) is 10.0 Å². The Morgan fingerprint density at radius 3 is 2.64 bits per heavy atom. The van der Waals surface area contributed by atoms with E-state index in [1.54, 1.807) is 35.2 Å². The number of thiophene rings is 1. The largest absolute Gasteiger partial charge is 0.246 e. The number of benzene rings is 2. The Morgan fingerprint density at radius 2 is 1.89 bits per heavy atom. The van der Waals surface area contributed by atoms with Crippen molar-refractivity contribution in [2.45, 2.75) is 27.3 Å². The number of halogens is 1. The lowest BCUT2D eigenvalue weighted by molar-refractivity contribution is 0.580. The van der Waals surface area contributed by atoms with Crippen LogP contribution in [-0.2, 0) is 10.0 Å². The first-order chi connectivity index (χ1) is 13.5. The maximum Gasteiger partial charge on any atom is 0.240 e. The van der Waals surface area contributed by atoms with Crippen molar-refractivity contribution in [2.24, 2.45) is 4.99 Å². The lowest BCUT2D eigenvalue weighted by Crippen LogP contribution is -2.24. The third-order valence-electron chi connectivity index (χ3n) is 4.22. The lowest BCUT2D eigenvalue weighted by Gasteiger charge is -2.09. The summed E-state index contributed by atoms with van der Waals surface area (Å²) in [6, 6.07) is 14.7. The fraction of sp³-hybridized carbons (Fsp3) is 0.150. The zero-order valence-electron chi connectivity index (χ0n) is 15.0. The third kappa shape index (κ3) is 3.90. The van der Waals surface area contributed by atoms with Crippen LogP contribution < -0.4 is 4.72 Å². The summed E-state index contributed by atoms with van der Waals surface area (Å²) in [6.07, 6.45) is 0.735. The molecule has 0 saturated heterocycles. The van der Waals surface area contributed by atoms with Crippen molar-refractivity contribution in [1.82, 2.24) is 4.72 Å². The molecule has 0 spiro atoms. The molecule has 0 bridgehead atoms. The van der Waals surface area contributed by atoms with Crippen molar-refractivity contribution in [1.29, 1.82) is 0 Å². The molecule has 144 valence electrons. The Bertz CT molecular complexity index is 1150. The number of sulfonamides is 1. The third-order valence-corrected chi connectivity index (χ3v) is 8.15. The van der Waals surface area contributed by atoms with Crippen molar-refractivity contribution < 1.29 is 8.42 Å². The molecule has 28 heavy (non-hydrogen) atoms. The number of rotatable bonds is 5. The van der Waals surface area contributed by atoms with E-state index in [0.717, 1.165) is 32.4 Å². The zero-order chi connectivity index (χ0) is 19.7. The molecular weight excluding hydrogens is 432 g/mol. The lowest BCUT2D eigenvalue weighted by atomic mass is 10.0. The number of hydrogen-bond acceptors (Lipinski definition) is 5. The number of nitrogens with one attached hydrogen (secondary N) is 1. The molecule has 0 atom stereocenters. The highest BCUT2D eigenvalue weighted by Gasteiger charge is 2.22. The fourth-order valence-corrected chi connectivity index (χ4v) is 6.16. The molecule has 2 heterocycles. The predicted molar refractivity (Wildman–Crippen MR) is 117 cm³/mol. The summed E-state index contributed by atoms with van der Waals surface area (Å²) in [5.41, 5.74) is 3.45. The van der Waals surface area contributed by atoms with Crippen molar-refractivity contribution in [3.8, 4) is 0 Å². The highest BCUT2D eigenvalue weighted by Crippen LogP contribution is 2.44. The average molecular weight is 449 g/mol. The van der Waals surface area contributed by atoms with E-state index in [4.69, 9.17) is 16.6 Å². The molecule has 0 radical (unpaired) electrons. The normalized spacial score (nSPS) is 13.4. The van der Waals surface area contributed by atoms with Crippen molar-refractivity contribution >= 4 is 56.1 Å². The van der Waals surface area contributed by atoms with Gasteiger partial charge in [0.25, 0.3) is 0 Å². The molecule has 8 heteroatoms. The molecule has 0 fully saturated rings. The zero-order valence-corrected chi connectivity index (χ0v) is 18.2. The van der Waals surface area contributed by atoms with Crippen LogP contribution in [0.1, 0.15) is 24.5 Å². The van der Waals surface area contributed by atoms with Crippen LogP contribution in [0.3, 0.4) is 0 Å². The maximum atomic E-state index is 12.5. The van der Waals surface area contributed by atoms with E-state index >= 15 is 0 Å². The molecule has 1 aliphatic heterocycles. The monoisotopic (exact) mass is 448 g/mol. The summed E-state index contributed by atoms with van der Waals surface area (Å²) in [5.74, 6) is 0. The van der Waals surface area contributed by atoms with Gasteiger partial charge in [-0.3, -0.25) is 0 Å². The molecule has 0 unspecified atom stereocenters. The first kappa shape index (κ1) is 19.7. The van der Waals surface area contributed by atoms with Gasteiger partial charge in [-0.05, 0) is 48.2 Å². The van der Waals surface area contributed by atoms with Crippen LogP contribution in [0.2, 0.25) is 5.02 Å². The quantitative estimate of drug-likeness (QED) is 0.424. The summed E-state index contributed by atoms with van der Waals surface area (Å²) in [5, 5.41) is 2.70. The van der Waals surface area contributed by atoms with E-state index in [2.05, 4.69) is 4.72 Å². The van der Waals surface area contributed by atoms with Gasteiger partial charge in [0.1, 0.15) is 0 Å². The summed E-state index contributed by atoms with van der Waals surface area (Å²) >= 11 is 9.30. The second-order valence-electron chi connectivity index (χ2n) is 6.22. The number of fused-ring (bicyclic) bond motifs is 2. The second kappa shape index (κ2) is 8.00. The first-order valence-corrected chi connectivity index (χ1v) is 12.3. The Hall–Kier alpha value is -1.64. The van der Waals surface area contributed by atoms with E-state index in [-0.39, 0.29) is 4.90 Å². The molecule has 3 aromatic rings. The minimum Gasteiger partial charge on any atom is -0.246 e. The van der Waals surface area contributed by atoms with Gasteiger partial charge >= 0.3 is 0 Å².